The van der Waals surface area contributed by atoms with Crippen molar-refractivity contribution in [2.45, 2.75) is 5.16 Å². The molecule has 0 fully saturated rings. The standard InChI is InChI=1S/C20H17N5OS/c1-27-20-21-14-17(25(20)16-10-6-3-7-11-16)19(26)22-18-12-13-24(23-18)15-8-4-2-5-9-15/h2-14H,1H3,(H,22,23,26). The van der Waals surface area contributed by atoms with Crippen molar-refractivity contribution in [3.8, 4) is 11.4 Å². The van der Waals surface area contributed by atoms with Gasteiger partial charge in [0.15, 0.2) is 11.0 Å². The Balaban J connectivity index is 1.61. The lowest BCUT2D eigenvalue weighted by molar-refractivity contribution is 0.101. The van der Waals surface area contributed by atoms with E-state index in [4.69, 9.17) is 0 Å². The average molecular weight is 375 g/mol. The van der Waals surface area contributed by atoms with Crippen molar-refractivity contribution in [2.75, 3.05) is 11.6 Å². The fourth-order valence-electron chi connectivity index (χ4n) is 2.76. The van der Waals surface area contributed by atoms with Crippen LogP contribution >= 0.6 is 11.8 Å². The monoisotopic (exact) mass is 375 g/mol. The highest BCUT2D eigenvalue weighted by Crippen LogP contribution is 2.22. The van der Waals surface area contributed by atoms with Crippen LogP contribution in [0.15, 0.2) is 84.3 Å². The second kappa shape index (κ2) is 7.51. The number of hydrogen-bond acceptors (Lipinski definition) is 4. The van der Waals surface area contributed by atoms with Gasteiger partial charge in [-0.2, -0.15) is 5.10 Å². The number of carbonyl (C=O) groups excluding carboxylic acids is 1. The second-order valence-electron chi connectivity index (χ2n) is 5.74. The first-order valence-corrected chi connectivity index (χ1v) is 9.58. The number of carbonyl (C=O) groups is 1. The first kappa shape index (κ1) is 17.1. The molecule has 1 N–H and O–H groups in total. The summed E-state index contributed by atoms with van der Waals surface area (Å²) in [6.07, 6.45) is 5.33. The van der Waals surface area contributed by atoms with Crippen LogP contribution in [-0.2, 0) is 0 Å². The van der Waals surface area contributed by atoms with Crippen LogP contribution in [0.4, 0.5) is 5.82 Å². The summed E-state index contributed by atoms with van der Waals surface area (Å²) in [6.45, 7) is 0. The van der Waals surface area contributed by atoms with E-state index in [9.17, 15) is 4.79 Å². The Morgan fingerprint density at radius 2 is 1.63 bits per heavy atom. The minimum absolute atomic E-state index is 0.259. The summed E-state index contributed by atoms with van der Waals surface area (Å²) in [5, 5.41) is 8.03. The molecule has 0 unspecified atom stereocenters. The molecule has 0 atom stereocenters. The zero-order valence-corrected chi connectivity index (χ0v) is 15.4. The Bertz CT molecular complexity index is 1060. The predicted octanol–water partition coefficient (Wildman–Crippen LogP) is 4.03. The molecule has 7 heteroatoms. The topological polar surface area (TPSA) is 64.7 Å². The van der Waals surface area contributed by atoms with E-state index in [0.29, 0.717) is 11.5 Å². The lowest BCUT2D eigenvalue weighted by atomic mass is 10.3. The van der Waals surface area contributed by atoms with Crippen LogP contribution in [0.3, 0.4) is 0 Å². The van der Waals surface area contributed by atoms with E-state index in [1.165, 1.54) is 11.8 Å². The van der Waals surface area contributed by atoms with Gasteiger partial charge in [-0.25, -0.2) is 9.67 Å². The molecular weight excluding hydrogens is 358 g/mol. The molecular formula is C20H17N5OS. The maximum Gasteiger partial charge on any atom is 0.275 e. The minimum atomic E-state index is -0.259. The summed E-state index contributed by atoms with van der Waals surface area (Å²) in [5.74, 6) is 0.223. The van der Waals surface area contributed by atoms with Crippen LogP contribution in [0.5, 0.6) is 0 Å². The normalized spacial score (nSPS) is 10.7. The van der Waals surface area contributed by atoms with Crippen molar-refractivity contribution < 1.29 is 4.79 Å². The average Bonchev–Trinajstić information content (AvgIpc) is 3.36. The molecule has 2 aromatic heterocycles. The number of nitrogens with one attached hydrogen (secondary N) is 1. The van der Waals surface area contributed by atoms with E-state index < -0.39 is 0 Å². The third-order valence-corrected chi connectivity index (χ3v) is 4.66. The van der Waals surface area contributed by atoms with Gasteiger partial charge in [0, 0.05) is 18.0 Å². The van der Waals surface area contributed by atoms with Crippen LogP contribution in [0, 0.1) is 0 Å². The van der Waals surface area contributed by atoms with Gasteiger partial charge in [0.25, 0.3) is 5.91 Å². The molecule has 4 rings (SSSR count). The van der Waals surface area contributed by atoms with Crippen molar-refractivity contribution in [2.24, 2.45) is 0 Å². The van der Waals surface area contributed by atoms with E-state index >= 15 is 0 Å². The minimum Gasteiger partial charge on any atom is -0.304 e. The Labute approximate surface area is 160 Å². The molecule has 0 spiro atoms. The molecule has 0 bridgehead atoms. The van der Waals surface area contributed by atoms with Gasteiger partial charge in [-0.15, -0.1) is 0 Å². The predicted molar refractivity (Wildman–Crippen MR) is 107 cm³/mol. The van der Waals surface area contributed by atoms with Gasteiger partial charge in [-0.3, -0.25) is 9.36 Å². The highest BCUT2D eigenvalue weighted by Gasteiger charge is 2.18. The molecule has 0 saturated carbocycles. The molecule has 2 heterocycles. The van der Waals surface area contributed by atoms with Gasteiger partial charge in [0.1, 0.15) is 5.69 Å². The number of aromatic nitrogens is 4. The van der Waals surface area contributed by atoms with E-state index in [0.717, 1.165) is 16.5 Å². The molecule has 1 amide bonds. The first-order valence-electron chi connectivity index (χ1n) is 8.36. The fraction of sp³-hybridized carbons (Fsp3) is 0.0500. The highest BCUT2D eigenvalue weighted by atomic mass is 32.2. The largest absolute Gasteiger partial charge is 0.304 e. The lowest BCUT2D eigenvalue weighted by Gasteiger charge is -2.10. The Hall–Kier alpha value is -3.32. The quantitative estimate of drug-likeness (QED) is 0.535. The van der Waals surface area contributed by atoms with Crippen LogP contribution < -0.4 is 5.32 Å². The van der Waals surface area contributed by atoms with Gasteiger partial charge in [-0.1, -0.05) is 48.2 Å². The van der Waals surface area contributed by atoms with E-state index in [2.05, 4.69) is 15.4 Å². The zero-order valence-electron chi connectivity index (χ0n) is 14.6. The molecule has 0 aliphatic heterocycles. The number of imidazole rings is 1. The number of benzene rings is 2. The molecule has 6 nitrogen and oxygen atoms in total. The summed E-state index contributed by atoms with van der Waals surface area (Å²) >= 11 is 1.49. The number of hydrogen-bond donors (Lipinski definition) is 1. The van der Waals surface area contributed by atoms with Gasteiger partial charge in [0.05, 0.1) is 11.9 Å². The van der Waals surface area contributed by atoms with Crippen LogP contribution in [0.1, 0.15) is 10.5 Å². The Kier molecular flexibility index (Phi) is 4.76. The molecule has 2 aromatic carbocycles. The Morgan fingerprint density at radius 3 is 2.30 bits per heavy atom. The molecule has 134 valence electrons. The number of thioether (sulfide) groups is 1. The molecule has 0 saturated heterocycles. The third kappa shape index (κ3) is 3.50. The molecule has 0 aliphatic carbocycles. The maximum absolute atomic E-state index is 12.9. The summed E-state index contributed by atoms with van der Waals surface area (Å²) in [5.41, 5.74) is 2.27. The SMILES string of the molecule is CSc1ncc(C(=O)Nc2ccn(-c3ccccc3)n2)n1-c1ccccc1. The van der Waals surface area contributed by atoms with Crippen molar-refractivity contribution in [1.82, 2.24) is 19.3 Å². The molecule has 4 aromatic rings. The number of amides is 1. The number of rotatable bonds is 5. The van der Waals surface area contributed by atoms with Crippen LogP contribution in [0.25, 0.3) is 11.4 Å². The molecule has 0 radical (unpaired) electrons. The van der Waals surface area contributed by atoms with Gasteiger partial charge < -0.3 is 5.32 Å². The van der Waals surface area contributed by atoms with Gasteiger partial charge in [-0.05, 0) is 30.5 Å². The fourth-order valence-corrected chi connectivity index (χ4v) is 3.31. The number of anilines is 1. The zero-order chi connectivity index (χ0) is 18.6. The van der Waals surface area contributed by atoms with Crippen molar-refractivity contribution in [1.29, 1.82) is 0 Å². The summed E-state index contributed by atoms with van der Waals surface area (Å²) in [7, 11) is 0. The smallest absolute Gasteiger partial charge is 0.275 e. The molecule has 0 aliphatic rings. The number of nitrogens with zero attached hydrogens (tertiary/aromatic N) is 4. The van der Waals surface area contributed by atoms with Crippen molar-refractivity contribution in [3.05, 3.63) is 84.8 Å². The van der Waals surface area contributed by atoms with E-state index in [1.807, 2.05) is 77.7 Å². The van der Waals surface area contributed by atoms with Gasteiger partial charge in [0.2, 0.25) is 0 Å². The third-order valence-electron chi connectivity index (χ3n) is 4.01. The number of para-hydroxylation sites is 2. The summed E-state index contributed by atoms with van der Waals surface area (Å²) < 4.78 is 3.56. The van der Waals surface area contributed by atoms with E-state index in [1.54, 1.807) is 16.9 Å². The van der Waals surface area contributed by atoms with Crippen LogP contribution in [-0.4, -0.2) is 31.5 Å². The lowest BCUT2D eigenvalue weighted by Crippen LogP contribution is -2.17. The van der Waals surface area contributed by atoms with Gasteiger partial charge >= 0.3 is 0 Å². The summed E-state index contributed by atoms with van der Waals surface area (Å²) in [6, 6.07) is 21.2. The van der Waals surface area contributed by atoms with Crippen molar-refractivity contribution >= 4 is 23.5 Å². The van der Waals surface area contributed by atoms with E-state index in [-0.39, 0.29) is 5.91 Å². The first-order chi connectivity index (χ1) is 13.3. The second-order valence-corrected chi connectivity index (χ2v) is 6.51. The maximum atomic E-state index is 12.9. The molecule has 27 heavy (non-hydrogen) atoms. The van der Waals surface area contributed by atoms with Crippen molar-refractivity contribution in [3.63, 3.8) is 0 Å². The van der Waals surface area contributed by atoms with Crippen LogP contribution in [0.2, 0.25) is 0 Å². The summed E-state index contributed by atoms with van der Waals surface area (Å²) in [4.78, 5) is 17.2. The Morgan fingerprint density at radius 1 is 0.963 bits per heavy atom. The highest BCUT2D eigenvalue weighted by molar-refractivity contribution is 7.98.